The van der Waals surface area contributed by atoms with Gasteiger partial charge in [-0.1, -0.05) is 6.07 Å². The molecule has 0 bridgehead atoms. The first-order valence-corrected chi connectivity index (χ1v) is 10.4. The van der Waals surface area contributed by atoms with Crippen LogP contribution in [0.1, 0.15) is 48.0 Å². The van der Waals surface area contributed by atoms with Crippen LogP contribution in [0.5, 0.6) is 0 Å². The summed E-state index contributed by atoms with van der Waals surface area (Å²) in [6.07, 6.45) is 3.54. The number of piperidine rings is 2. The minimum atomic E-state index is -1.22. The lowest BCUT2D eigenvalue weighted by molar-refractivity contribution is -0.825. The van der Waals surface area contributed by atoms with Crippen LogP contribution in [0.15, 0.2) is 18.2 Å². The van der Waals surface area contributed by atoms with Gasteiger partial charge in [0.05, 0.1) is 5.56 Å². The molecule has 1 aromatic carbocycles. The number of imide groups is 1. The van der Waals surface area contributed by atoms with Gasteiger partial charge in [-0.2, -0.15) is 0 Å². The highest BCUT2D eigenvalue weighted by atomic mass is 16.6. The maximum Gasteiger partial charge on any atom is 0.347 e. The summed E-state index contributed by atoms with van der Waals surface area (Å²) in [5, 5.41) is 19.0. The highest BCUT2D eigenvalue weighted by Crippen LogP contribution is 2.40. The van der Waals surface area contributed by atoms with Crippen LogP contribution in [-0.2, 0) is 16.1 Å². The van der Waals surface area contributed by atoms with Crippen LogP contribution in [0.25, 0.3) is 0 Å². The number of nitrogens with zero attached hydrogens (tertiary/aromatic N) is 2. The molecule has 2 saturated heterocycles. The van der Waals surface area contributed by atoms with Crippen molar-refractivity contribution < 1.29 is 19.0 Å². The summed E-state index contributed by atoms with van der Waals surface area (Å²) in [5.41, 5.74) is 2.09. The first kappa shape index (κ1) is 20.0. The minimum absolute atomic E-state index is 0.0453. The molecule has 2 atom stereocenters. The molecule has 3 aliphatic rings. The Hall–Kier alpha value is -2.29. The molecule has 8 nitrogen and oxygen atoms in total. The van der Waals surface area contributed by atoms with Gasteiger partial charge in [-0.25, -0.2) is 4.79 Å². The number of amides is 3. The SMILES string of the molecule is CNCCC1CCN(c2cccc3c2C[N+]([O-])(C2CCC(=O)NC2=O)C3=O)CC1. The van der Waals surface area contributed by atoms with Crippen molar-refractivity contribution in [2.24, 2.45) is 5.92 Å². The van der Waals surface area contributed by atoms with Gasteiger partial charge >= 0.3 is 5.91 Å². The second-order valence-corrected chi connectivity index (χ2v) is 8.35. The fraction of sp³-hybridized carbons (Fsp3) is 0.571. The van der Waals surface area contributed by atoms with Gasteiger partial charge in [0.25, 0.3) is 5.91 Å². The molecule has 2 fully saturated rings. The number of fused-ring (bicyclic) bond motifs is 1. The monoisotopic (exact) mass is 400 g/mol. The van der Waals surface area contributed by atoms with E-state index in [1.807, 2.05) is 19.2 Å². The van der Waals surface area contributed by atoms with Gasteiger partial charge in [0.1, 0.15) is 6.54 Å². The van der Waals surface area contributed by atoms with E-state index in [4.69, 9.17) is 0 Å². The van der Waals surface area contributed by atoms with Crippen molar-refractivity contribution in [3.05, 3.63) is 34.5 Å². The van der Waals surface area contributed by atoms with Crippen molar-refractivity contribution >= 4 is 23.4 Å². The minimum Gasteiger partial charge on any atom is -0.624 e. The Kier molecular flexibility index (Phi) is 5.42. The Labute approximate surface area is 170 Å². The third-order valence-electron chi connectivity index (χ3n) is 6.59. The van der Waals surface area contributed by atoms with Gasteiger partial charge in [0.2, 0.25) is 5.91 Å². The summed E-state index contributed by atoms with van der Waals surface area (Å²) in [4.78, 5) is 39.0. The number of benzene rings is 1. The van der Waals surface area contributed by atoms with Crippen LogP contribution in [0, 0.1) is 11.1 Å². The fourth-order valence-corrected chi connectivity index (χ4v) is 4.89. The molecule has 4 rings (SSSR count). The third-order valence-corrected chi connectivity index (χ3v) is 6.59. The summed E-state index contributed by atoms with van der Waals surface area (Å²) in [7, 11) is 1.97. The van der Waals surface area contributed by atoms with E-state index in [1.165, 1.54) is 0 Å². The zero-order chi connectivity index (χ0) is 20.6. The lowest BCUT2D eigenvalue weighted by Gasteiger charge is -2.42. The smallest absolute Gasteiger partial charge is 0.347 e. The third kappa shape index (κ3) is 3.56. The molecule has 2 N–H and O–H groups in total. The highest BCUT2D eigenvalue weighted by Gasteiger charge is 2.50. The van der Waals surface area contributed by atoms with Crippen LogP contribution in [0.4, 0.5) is 5.69 Å². The number of carbonyl (C=O) groups excluding carboxylic acids is 3. The van der Waals surface area contributed by atoms with Crippen molar-refractivity contribution in [2.75, 3.05) is 31.6 Å². The van der Waals surface area contributed by atoms with E-state index in [-0.39, 0.29) is 25.3 Å². The average molecular weight is 400 g/mol. The molecule has 1 aromatic rings. The predicted octanol–water partition coefficient (Wildman–Crippen LogP) is 1.29. The molecule has 29 heavy (non-hydrogen) atoms. The Morgan fingerprint density at radius 1 is 1.21 bits per heavy atom. The maximum atomic E-state index is 13.6. The lowest BCUT2D eigenvalue weighted by Crippen LogP contribution is -2.60. The van der Waals surface area contributed by atoms with E-state index in [0.29, 0.717) is 11.5 Å². The van der Waals surface area contributed by atoms with Gasteiger partial charge in [-0.15, -0.1) is 0 Å². The molecule has 0 aliphatic carbocycles. The average Bonchev–Trinajstić information content (AvgIpc) is 2.98. The summed E-state index contributed by atoms with van der Waals surface area (Å²) in [6, 6.07) is 4.41. The maximum absolute atomic E-state index is 13.6. The van der Waals surface area contributed by atoms with Crippen molar-refractivity contribution in [3.63, 3.8) is 0 Å². The predicted molar refractivity (Wildman–Crippen MR) is 108 cm³/mol. The van der Waals surface area contributed by atoms with Crippen LogP contribution in [0.3, 0.4) is 0 Å². The second-order valence-electron chi connectivity index (χ2n) is 8.35. The first-order chi connectivity index (χ1) is 13.9. The van der Waals surface area contributed by atoms with E-state index in [0.717, 1.165) is 50.1 Å². The summed E-state index contributed by atoms with van der Waals surface area (Å²) >= 11 is 0. The van der Waals surface area contributed by atoms with E-state index in [2.05, 4.69) is 15.5 Å². The normalized spacial score (nSPS) is 27.9. The lowest BCUT2D eigenvalue weighted by atomic mass is 9.92. The molecule has 3 amide bonds. The number of quaternary nitrogens is 1. The van der Waals surface area contributed by atoms with E-state index in [1.54, 1.807) is 6.07 Å². The van der Waals surface area contributed by atoms with E-state index >= 15 is 0 Å². The second kappa shape index (κ2) is 7.85. The topological polar surface area (TPSA) is 102 Å². The Morgan fingerprint density at radius 2 is 1.97 bits per heavy atom. The van der Waals surface area contributed by atoms with Crippen molar-refractivity contribution in [1.29, 1.82) is 0 Å². The molecule has 8 heteroatoms. The molecule has 3 aliphatic heterocycles. The Morgan fingerprint density at radius 3 is 2.66 bits per heavy atom. The molecule has 0 aromatic heterocycles. The van der Waals surface area contributed by atoms with Crippen molar-refractivity contribution in [3.8, 4) is 0 Å². The number of anilines is 1. The number of hydroxylamine groups is 3. The van der Waals surface area contributed by atoms with Crippen molar-refractivity contribution in [1.82, 2.24) is 10.6 Å². The molecule has 2 unspecified atom stereocenters. The fourth-order valence-electron chi connectivity index (χ4n) is 4.89. The van der Waals surface area contributed by atoms with Gasteiger partial charge in [-0.05, 0) is 50.9 Å². The molecule has 156 valence electrons. The quantitative estimate of drug-likeness (QED) is 0.439. The molecule has 0 radical (unpaired) electrons. The standard InChI is InChI=1S/C21H28N4O4/c1-22-10-7-14-8-11-24(12-9-14)17-4-2-3-15-16(17)13-25(29,21(15)28)18-5-6-19(26)23-20(18)27/h2-4,14,18,22H,5-13H2,1H3,(H,23,26,27). The zero-order valence-electron chi connectivity index (χ0n) is 16.8. The Balaban J connectivity index is 1.54. The van der Waals surface area contributed by atoms with Crippen molar-refractivity contribution in [2.45, 2.75) is 44.7 Å². The summed E-state index contributed by atoms with van der Waals surface area (Å²) in [6.45, 7) is 2.77. The van der Waals surface area contributed by atoms with E-state index < -0.39 is 22.5 Å². The molecule has 0 saturated carbocycles. The van der Waals surface area contributed by atoms with Crippen LogP contribution < -0.4 is 15.5 Å². The summed E-state index contributed by atoms with van der Waals surface area (Å²) < 4.78 is -1.22. The number of hydrogen-bond donors (Lipinski definition) is 2. The van der Waals surface area contributed by atoms with Crippen LogP contribution in [-0.4, -0.2) is 55.1 Å². The zero-order valence-corrected chi connectivity index (χ0v) is 16.8. The van der Waals surface area contributed by atoms with Gasteiger partial charge < -0.3 is 15.4 Å². The van der Waals surface area contributed by atoms with Crippen LogP contribution in [0.2, 0.25) is 0 Å². The van der Waals surface area contributed by atoms with Gasteiger partial charge in [0, 0.05) is 37.2 Å². The number of nitrogens with one attached hydrogen (secondary N) is 2. The first-order valence-electron chi connectivity index (χ1n) is 10.4. The molecular weight excluding hydrogens is 372 g/mol. The van der Waals surface area contributed by atoms with Gasteiger partial charge in [-0.3, -0.25) is 19.6 Å². The number of rotatable bonds is 5. The highest BCUT2D eigenvalue weighted by molar-refractivity contribution is 6.02. The molecule has 3 heterocycles. The Bertz CT molecular complexity index is 834. The number of hydrogen-bond acceptors (Lipinski definition) is 6. The molecular formula is C21H28N4O4. The van der Waals surface area contributed by atoms with E-state index in [9.17, 15) is 19.6 Å². The van der Waals surface area contributed by atoms with Gasteiger partial charge in [0.15, 0.2) is 6.04 Å². The largest absolute Gasteiger partial charge is 0.624 e. The summed E-state index contributed by atoms with van der Waals surface area (Å²) in [5.74, 6) is -0.900. The molecule has 0 spiro atoms. The number of carbonyl (C=O) groups is 3. The van der Waals surface area contributed by atoms with Crippen LogP contribution >= 0.6 is 0 Å².